The Balaban J connectivity index is 1.79. The Kier molecular flexibility index (Phi) is 4.96. The van der Waals surface area contributed by atoms with Crippen molar-refractivity contribution in [3.8, 4) is 5.75 Å². The topological polar surface area (TPSA) is 71.9 Å². The van der Waals surface area contributed by atoms with Crippen LogP contribution in [0.25, 0.3) is 10.9 Å². The SMILES string of the molecule is COc1ccc(C2=NN(S(C)(=O)=O)[C@@H](c3cc4cccc(C)c4nc3Cl)C2)cc1. The number of fused-ring (bicyclic) bond motifs is 1. The van der Waals surface area contributed by atoms with Crippen LogP contribution in [-0.4, -0.2) is 36.9 Å². The molecule has 1 atom stereocenters. The quantitative estimate of drug-likeness (QED) is 0.579. The van der Waals surface area contributed by atoms with E-state index in [1.165, 1.54) is 0 Å². The summed E-state index contributed by atoms with van der Waals surface area (Å²) in [6, 6.07) is 14.6. The number of aromatic nitrogens is 1. The number of rotatable bonds is 4. The second-order valence-corrected chi connectivity index (χ2v) is 9.24. The highest BCUT2D eigenvalue weighted by atomic mass is 35.5. The van der Waals surface area contributed by atoms with E-state index < -0.39 is 16.1 Å². The number of benzene rings is 2. The van der Waals surface area contributed by atoms with Gasteiger partial charge in [-0.15, -0.1) is 0 Å². The molecule has 0 saturated carbocycles. The lowest BCUT2D eigenvalue weighted by Gasteiger charge is -2.22. The molecule has 1 aliphatic heterocycles. The van der Waals surface area contributed by atoms with Crippen LogP contribution in [0.4, 0.5) is 0 Å². The van der Waals surface area contributed by atoms with Crippen molar-refractivity contribution in [3.05, 3.63) is 70.4 Å². The molecule has 2 aromatic carbocycles. The number of pyridine rings is 1. The van der Waals surface area contributed by atoms with Gasteiger partial charge in [-0.3, -0.25) is 0 Å². The monoisotopic (exact) mass is 429 g/mol. The molecule has 0 radical (unpaired) electrons. The molecule has 150 valence electrons. The van der Waals surface area contributed by atoms with E-state index in [4.69, 9.17) is 16.3 Å². The number of methoxy groups -OCH3 is 1. The molecule has 6 nitrogen and oxygen atoms in total. The smallest absolute Gasteiger partial charge is 0.247 e. The molecular weight excluding hydrogens is 410 g/mol. The summed E-state index contributed by atoms with van der Waals surface area (Å²) >= 11 is 6.50. The largest absolute Gasteiger partial charge is 0.497 e. The number of aryl methyl sites for hydroxylation is 1. The fraction of sp³-hybridized carbons (Fsp3) is 0.238. The molecule has 0 saturated heterocycles. The van der Waals surface area contributed by atoms with Gasteiger partial charge in [0.2, 0.25) is 10.0 Å². The number of nitrogens with zero attached hydrogens (tertiary/aromatic N) is 3. The van der Waals surface area contributed by atoms with Crippen LogP contribution in [0, 0.1) is 6.92 Å². The Morgan fingerprint density at radius 3 is 2.55 bits per heavy atom. The summed E-state index contributed by atoms with van der Waals surface area (Å²) in [6.07, 6.45) is 1.55. The van der Waals surface area contributed by atoms with Crippen molar-refractivity contribution in [1.82, 2.24) is 9.40 Å². The summed E-state index contributed by atoms with van der Waals surface area (Å²) in [4.78, 5) is 4.53. The van der Waals surface area contributed by atoms with E-state index in [1.54, 1.807) is 7.11 Å². The molecule has 0 bridgehead atoms. The third-order valence-corrected chi connectivity index (χ3v) is 6.34. The van der Waals surface area contributed by atoms with Gasteiger partial charge in [-0.2, -0.15) is 9.52 Å². The summed E-state index contributed by atoms with van der Waals surface area (Å²) in [7, 11) is -2.00. The van der Waals surface area contributed by atoms with Crippen LogP contribution in [0.3, 0.4) is 0 Å². The summed E-state index contributed by atoms with van der Waals surface area (Å²) in [5.74, 6) is 0.723. The zero-order valence-electron chi connectivity index (χ0n) is 16.3. The number of sulfonamides is 1. The lowest BCUT2D eigenvalue weighted by molar-refractivity contribution is 0.374. The first-order valence-electron chi connectivity index (χ1n) is 9.05. The van der Waals surface area contributed by atoms with Crippen molar-refractivity contribution in [2.75, 3.05) is 13.4 Å². The van der Waals surface area contributed by atoms with Gasteiger partial charge in [0.05, 0.1) is 30.6 Å². The molecule has 3 aromatic rings. The van der Waals surface area contributed by atoms with Crippen LogP contribution in [0.5, 0.6) is 5.75 Å². The highest BCUT2D eigenvalue weighted by Gasteiger charge is 2.36. The Morgan fingerprint density at radius 2 is 1.90 bits per heavy atom. The molecule has 0 fully saturated rings. The van der Waals surface area contributed by atoms with Gasteiger partial charge in [0, 0.05) is 17.4 Å². The molecule has 1 aliphatic rings. The van der Waals surface area contributed by atoms with Gasteiger partial charge < -0.3 is 4.74 Å². The summed E-state index contributed by atoms with van der Waals surface area (Å²) in [6.45, 7) is 1.97. The minimum Gasteiger partial charge on any atom is -0.497 e. The van der Waals surface area contributed by atoms with Crippen molar-refractivity contribution >= 4 is 38.2 Å². The Labute approximate surface area is 174 Å². The Bertz CT molecular complexity index is 1220. The van der Waals surface area contributed by atoms with Gasteiger partial charge >= 0.3 is 0 Å². The highest BCUT2D eigenvalue weighted by molar-refractivity contribution is 7.88. The molecule has 1 aromatic heterocycles. The molecule has 2 heterocycles. The second-order valence-electron chi connectivity index (χ2n) is 7.05. The van der Waals surface area contributed by atoms with E-state index in [2.05, 4.69) is 10.1 Å². The first kappa shape index (κ1) is 19.7. The number of halogens is 1. The fourth-order valence-electron chi connectivity index (χ4n) is 3.56. The van der Waals surface area contributed by atoms with Gasteiger partial charge in [-0.1, -0.05) is 29.8 Å². The summed E-state index contributed by atoms with van der Waals surface area (Å²) < 4.78 is 31.2. The van der Waals surface area contributed by atoms with Crippen molar-refractivity contribution < 1.29 is 13.2 Å². The zero-order valence-corrected chi connectivity index (χ0v) is 17.8. The zero-order chi connectivity index (χ0) is 20.8. The number of hydrazone groups is 1. The first-order chi connectivity index (χ1) is 13.8. The molecule has 0 aliphatic carbocycles. The fourth-order valence-corrected chi connectivity index (χ4v) is 4.72. The number of hydrogen-bond acceptors (Lipinski definition) is 5. The van der Waals surface area contributed by atoms with Crippen molar-refractivity contribution in [3.63, 3.8) is 0 Å². The van der Waals surface area contributed by atoms with Crippen molar-refractivity contribution in [2.24, 2.45) is 5.10 Å². The predicted octanol–water partition coefficient (Wildman–Crippen LogP) is 4.32. The number of ether oxygens (including phenoxy) is 1. The maximum atomic E-state index is 12.5. The van der Waals surface area contributed by atoms with Crippen molar-refractivity contribution in [2.45, 2.75) is 19.4 Å². The third-order valence-electron chi connectivity index (χ3n) is 5.02. The van der Waals surface area contributed by atoms with E-state index in [9.17, 15) is 8.42 Å². The lowest BCUT2D eigenvalue weighted by atomic mass is 9.98. The standard InChI is InChI=1S/C21H20ClN3O3S/c1-13-5-4-6-15-11-17(21(22)23-20(13)15)19-12-18(24-25(19)29(3,26)27)14-7-9-16(28-2)10-8-14/h4-11,19H,12H2,1-3H3/t19-/m1/s1. The first-order valence-corrected chi connectivity index (χ1v) is 11.3. The number of hydrogen-bond donors (Lipinski definition) is 0. The van der Waals surface area contributed by atoms with E-state index in [1.807, 2.05) is 55.5 Å². The average Bonchev–Trinajstić information content (AvgIpc) is 3.14. The normalized spacial score (nSPS) is 16.9. The Hall–Kier alpha value is -2.64. The molecule has 0 spiro atoms. The van der Waals surface area contributed by atoms with Crippen LogP contribution >= 0.6 is 11.6 Å². The third kappa shape index (κ3) is 3.68. The van der Waals surface area contributed by atoms with Crippen LogP contribution in [0.2, 0.25) is 5.15 Å². The minimum absolute atomic E-state index is 0.289. The van der Waals surface area contributed by atoms with Crippen LogP contribution in [0.15, 0.2) is 53.6 Å². The van der Waals surface area contributed by atoms with Gasteiger partial charge in [0.15, 0.2) is 0 Å². The molecule has 29 heavy (non-hydrogen) atoms. The van der Waals surface area contributed by atoms with Gasteiger partial charge in [0.1, 0.15) is 10.9 Å². The molecule has 4 rings (SSSR count). The maximum absolute atomic E-state index is 12.5. The molecule has 0 unspecified atom stereocenters. The summed E-state index contributed by atoms with van der Waals surface area (Å²) in [5.41, 5.74) is 3.97. The minimum atomic E-state index is -3.60. The van der Waals surface area contributed by atoms with Gasteiger partial charge in [-0.25, -0.2) is 13.4 Å². The molecular formula is C21H20ClN3O3S. The Morgan fingerprint density at radius 1 is 1.17 bits per heavy atom. The second kappa shape index (κ2) is 7.31. The average molecular weight is 430 g/mol. The van der Waals surface area contributed by atoms with Crippen molar-refractivity contribution in [1.29, 1.82) is 0 Å². The molecule has 0 amide bonds. The van der Waals surface area contributed by atoms with E-state index >= 15 is 0 Å². The summed E-state index contributed by atoms with van der Waals surface area (Å²) in [5, 5.41) is 5.62. The predicted molar refractivity (Wildman–Crippen MR) is 115 cm³/mol. The molecule has 0 N–H and O–H groups in total. The van der Waals surface area contributed by atoms with E-state index in [0.29, 0.717) is 17.7 Å². The van der Waals surface area contributed by atoms with Crippen LogP contribution in [0.1, 0.15) is 29.2 Å². The van der Waals surface area contributed by atoms with Crippen LogP contribution in [-0.2, 0) is 10.0 Å². The lowest BCUT2D eigenvalue weighted by Crippen LogP contribution is -2.26. The maximum Gasteiger partial charge on any atom is 0.247 e. The van der Waals surface area contributed by atoms with Gasteiger partial charge in [0.25, 0.3) is 0 Å². The van der Waals surface area contributed by atoms with E-state index in [-0.39, 0.29) is 5.15 Å². The number of para-hydroxylation sites is 1. The highest BCUT2D eigenvalue weighted by Crippen LogP contribution is 2.38. The van der Waals surface area contributed by atoms with Crippen LogP contribution < -0.4 is 4.74 Å². The molecule has 8 heteroatoms. The van der Waals surface area contributed by atoms with E-state index in [0.717, 1.165) is 38.4 Å². The van der Waals surface area contributed by atoms with Gasteiger partial charge in [-0.05, 0) is 48.4 Å².